The molecule has 2 rings (SSSR count). The molecule has 1 atom stereocenters. The summed E-state index contributed by atoms with van der Waals surface area (Å²) in [5, 5.41) is 9.28. The van der Waals surface area contributed by atoms with Crippen molar-refractivity contribution in [1.29, 1.82) is 0 Å². The van der Waals surface area contributed by atoms with Crippen LogP contribution in [-0.4, -0.2) is 29.6 Å². The number of Topliss-reactive ketones (excluding diaryl/α,β-unsaturated/α-hetero) is 1. The van der Waals surface area contributed by atoms with Gasteiger partial charge in [-0.05, 0) is 43.9 Å². The molecule has 0 aliphatic carbocycles. The SMILES string of the molecule is CC.CCC(C)Cc1c(C(C)=O)csc1CNC(=O)Nc1ccc(C)nc1.CCCCCC.O=CNC=O. The van der Waals surface area contributed by atoms with Gasteiger partial charge < -0.3 is 16.0 Å². The van der Waals surface area contributed by atoms with Gasteiger partial charge in [-0.15, -0.1) is 11.3 Å². The number of hydrogen-bond donors (Lipinski definition) is 3. The molecule has 2 aromatic rings. The largest absolute Gasteiger partial charge is 0.333 e. The van der Waals surface area contributed by atoms with E-state index in [1.54, 1.807) is 18.4 Å². The number of carbonyl (C=O) groups is 4. The predicted molar refractivity (Wildman–Crippen MR) is 159 cm³/mol. The average molecular weight is 549 g/mol. The topological polar surface area (TPSA) is 117 Å². The first-order chi connectivity index (χ1) is 18.2. The Kier molecular flexibility index (Phi) is 23.7. The van der Waals surface area contributed by atoms with Gasteiger partial charge >= 0.3 is 6.03 Å². The lowest BCUT2D eigenvalue weighted by Gasteiger charge is -2.12. The quantitative estimate of drug-likeness (QED) is 0.149. The van der Waals surface area contributed by atoms with E-state index in [9.17, 15) is 9.59 Å². The molecule has 8 nitrogen and oxygen atoms in total. The van der Waals surface area contributed by atoms with Crippen molar-refractivity contribution in [3.8, 4) is 0 Å². The number of rotatable bonds is 12. The van der Waals surface area contributed by atoms with Crippen LogP contribution in [0.5, 0.6) is 0 Å². The minimum atomic E-state index is -0.280. The van der Waals surface area contributed by atoms with Crippen molar-refractivity contribution in [2.75, 3.05) is 5.32 Å². The number of pyridine rings is 1. The van der Waals surface area contributed by atoms with Crippen molar-refractivity contribution < 1.29 is 19.2 Å². The highest BCUT2D eigenvalue weighted by Crippen LogP contribution is 2.27. The fraction of sp³-hybridized carbons (Fsp3) is 0.552. The zero-order chi connectivity index (χ0) is 29.3. The summed E-state index contributed by atoms with van der Waals surface area (Å²) in [7, 11) is 0. The lowest BCUT2D eigenvalue weighted by Crippen LogP contribution is -2.28. The first-order valence-corrected chi connectivity index (χ1v) is 14.3. The van der Waals surface area contributed by atoms with Gasteiger partial charge in [-0.25, -0.2) is 4.79 Å². The summed E-state index contributed by atoms with van der Waals surface area (Å²) in [6.45, 7) is 16.7. The number of amides is 4. The van der Waals surface area contributed by atoms with Crippen molar-refractivity contribution in [3.05, 3.63) is 45.4 Å². The summed E-state index contributed by atoms with van der Waals surface area (Å²) < 4.78 is 0. The summed E-state index contributed by atoms with van der Waals surface area (Å²) in [6, 6.07) is 3.38. The number of aromatic nitrogens is 1. The number of aryl methyl sites for hydroxylation is 1. The third-order valence-corrected chi connectivity index (χ3v) is 6.31. The van der Waals surface area contributed by atoms with Crippen LogP contribution in [0.2, 0.25) is 0 Å². The fourth-order valence-electron chi connectivity index (χ4n) is 2.99. The highest BCUT2D eigenvalue weighted by Gasteiger charge is 2.17. The molecule has 0 aromatic carbocycles. The molecule has 0 bridgehead atoms. The van der Waals surface area contributed by atoms with Crippen LogP contribution in [0, 0.1) is 12.8 Å². The third kappa shape index (κ3) is 17.4. The molecule has 2 aromatic heterocycles. The standard InChI is InChI=1S/C19H25N3O2S.C6H14.C2H3NO2.C2H6/c1-5-12(2)8-16-17(14(4)23)11-25-18(16)10-21-19(24)22-15-7-6-13(3)20-9-15;1-3-5-6-4-2;4-1-3-2-5;1-2/h6-7,9,11-12H,5,8,10H2,1-4H3,(H2,21,22,24);3-6H2,1-2H3;1-2H,(H,3,4,5);1-2H3. The van der Waals surface area contributed by atoms with Crippen molar-refractivity contribution in [1.82, 2.24) is 15.6 Å². The monoisotopic (exact) mass is 548 g/mol. The van der Waals surface area contributed by atoms with Crippen LogP contribution in [0.4, 0.5) is 10.5 Å². The number of thiophene rings is 1. The fourth-order valence-corrected chi connectivity index (χ4v) is 4.05. The Morgan fingerprint density at radius 3 is 2.08 bits per heavy atom. The van der Waals surface area contributed by atoms with Crippen LogP contribution in [0.15, 0.2) is 23.7 Å². The zero-order valence-corrected chi connectivity index (χ0v) is 25.3. The molecule has 0 aliphatic rings. The van der Waals surface area contributed by atoms with E-state index in [1.165, 1.54) is 37.0 Å². The van der Waals surface area contributed by atoms with E-state index < -0.39 is 0 Å². The zero-order valence-electron chi connectivity index (χ0n) is 24.5. The molecule has 9 heteroatoms. The molecule has 0 spiro atoms. The molecule has 0 saturated heterocycles. The van der Waals surface area contributed by atoms with Crippen LogP contribution in [-0.2, 0) is 22.6 Å². The second kappa shape index (κ2) is 24.3. The Balaban J connectivity index is 0. The molecule has 214 valence electrons. The molecule has 3 N–H and O–H groups in total. The predicted octanol–water partition coefficient (Wildman–Crippen LogP) is 7.07. The number of imide groups is 1. The summed E-state index contributed by atoms with van der Waals surface area (Å²) in [5.41, 5.74) is 3.41. The second-order valence-electron chi connectivity index (χ2n) is 8.43. The lowest BCUT2D eigenvalue weighted by atomic mass is 9.95. The molecule has 4 amide bonds. The number of nitrogens with zero attached hydrogens (tertiary/aromatic N) is 1. The first-order valence-electron chi connectivity index (χ1n) is 13.4. The number of hydrogen-bond acceptors (Lipinski definition) is 6. The molecule has 38 heavy (non-hydrogen) atoms. The number of carbonyl (C=O) groups excluding carboxylic acids is 4. The van der Waals surface area contributed by atoms with Crippen molar-refractivity contribution >= 4 is 41.7 Å². The number of ketones is 1. The highest BCUT2D eigenvalue weighted by atomic mass is 32.1. The molecular weight excluding hydrogens is 500 g/mol. The van der Waals surface area contributed by atoms with E-state index in [0.717, 1.165) is 34.5 Å². The Hall–Kier alpha value is -3.07. The minimum absolute atomic E-state index is 0.0796. The lowest BCUT2D eigenvalue weighted by molar-refractivity contribution is -0.117. The number of unbranched alkanes of at least 4 members (excludes halogenated alkanes) is 3. The summed E-state index contributed by atoms with van der Waals surface area (Å²) in [6.07, 6.45) is 9.70. The van der Waals surface area contributed by atoms with Gasteiger partial charge in [-0.1, -0.05) is 73.6 Å². The minimum Gasteiger partial charge on any atom is -0.333 e. The maximum Gasteiger partial charge on any atom is 0.319 e. The Bertz CT molecular complexity index is 904. The van der Waals surface area contributed by atoms with Crippen LogP contribution in [0.3, 0.4) is 0 Å². The van der Waals surface area contributed by atoms with Gasteiger partial charge in [0.05, 0.1) is 18.4 Å². The maximum absolute atomic E-state index is 12.1. The van der Waals surface area contributed by atoms with Crippen molar-refractivity contribution in [3.63, 3.8) is 0 Å². The van der Waals surface area contributed by atoms with Crippen LogP contribution in [0.1, 0.15) is 107 Å². The summed E-state index contributed by atoms with van der Waals surface area (Å²) >= 11 is 1.53. The van der Waals surface area contributed by atoms with Crippen LogP contribution < -0.4 is 16.0 Å². The van der Waals surface area contributed by atoms with Gasteiger partial charge in [0.2, 0.25) is 12.8 Å². The molecule has 1 unspecified atom stereocenters. The molecule has 0 radical (unpaired) electrons. The Morgan fingerprint density at radius 2 is 1.66 bits per heavy atom. The van der Waals surface area contributed by atoms with E-state index in [1.807, 2.05) is 38.3 Å². The normalized spacial score (nSPS) is 10.1. The van der Waals surface area contributed by atoms with Crippen LogP contribution >= 0.6 is 11.3 Å². The number of nitrogens with one attached hydrogen (secondary N) is 3. The van der Waals surface area contributed by atoms with Crippen molar-refractivity contribution in [2.24, 2.45) is 5.92 Å². The van der Waals surface area contributed by atoms with Gasteiger partial charge in [0, 0.05) is 21.5 Å². The van der Waals surface area contributed by atoms with Gasteiger partial charge in [-0.2, -0.15) is 0 Å². The van der Waals surface area contributed by atoms with Crippen molar-refractivity contribution in [2.45, 2.75) is 100 Å². The third-order valence-electron chi connectivity index (χ3n) is 5.28. The summed E-state index contributed by atoms with van der Waals surface area (Å²) in [4.78, 5) is 47.3. The highest BCUT2D eigenvalue weighted by molar-refractivity contribution is 7.10. The van der Waals surface area contributed by atoms with E-state index in [4.69, 9.17) is 9.59 Å². The molecule has 2 heterocycles. The average Bonchev–Trinajstić information content (AvgIpc) is 3.32. The molecule has 0 aliphatic heterocycles. The van der Waals surface area contributed by atoms with Gasteiger partial charge in [-0.3, -0.25) is 19.4 Å². The first kappa shape index (κ1) is 37.1. The molecular formula is C29H48N4O4S. The summed E-state index contributed by atoms with van der Waals surface area (Å²) in [5.74, 6) is 0.579. The Labute approximate surface area is 233 Å². The number of urea groups is 1. The van der Waals surface area contributed by atoms with Gasteiger partial charge in [0.15, 0.2) is 5.78 Å². The molecule has 0 fully saturated rings. The number of anilines is 1. The van der Waals surface area contributed by atoms with E-state index >= 15 is 0 Å². The van der Waals surface area contributed by atoms with E-state index in [-0.39, 0.29) is 11.8 Å². The smallest absolute Gasteiger partial charge is 0.319 e. The maximum atomic E-state index is 12.1. The van der Waals surface area contributed by atoms with E-state index in [0.29, 0.717) is 31.0 Å². The van der Waals surface area contributed by atoms with Crippen LogP contribution in [0.25, 0.3) is 0 Å². The Morgan fingerprint density at radius 1 is 1.05 bits per heavy atom. The van der Waals surface area contributed by atoms with E-state index in [2.05, 4.69) is 43.3 Å². The van der Waals surface area contributed by atoms with Gasteiger partial charge in [0.25, 0.3) is 0 Å². The van der Waals surface area contributed by atoms with Gasteiger partial charge in [0.1, 0.15) is 0 Å². The second-order valence-corrected chi connectivity index (χ2v) is 9.39. The molecule has 0 saturated carbocycles.